The average Bonchev–Trinajstić information content (AvgIpc) is 2.86. The van der Waals surface area contributed by atoms with Crippen molar-refractivity contribution in [1.82, 2.24) is 4.98 Å². The molecule has 1 heterocycles. The van der Waals surface area contributed by atoms with Crippen LogP contribution in [0.3, 0.4) is 0 Å². The van der Waals surface area contributed by atoms with Crippen LogP contribution in [0.5, 0.6) is 11.6 Å². The molecule has 2 rings (SSSR count). The van der Waals surface area contributed by atoms with Crippen LogP contribution in [0.1, 0.15) is 12.8 Å². The largest absolute Gasteiger partial charge is 0.506 e. The number of aromatic hydroxyl groups is 1. The van der Waals surface area contributed by atoms with Gasteiger partial charge in [-0.25, -0.2) is 9.37 Å². The van der Waals surface area contributed by atoms with Crippen molar-refractivity contribution in [2.45, 2.75) is 12.8 Å². The first-order chi connectivity index (χ1) is 6.25. The molecular weight excluding hydrogens is 173 g/mol. The number of halogens is 1. The van der Waals surface area contributed by atoms with E-state index in [1.54, 1.807) is 0 Å². The van der Waals surface area contributed by atoms with Crippen molar-refractivity contribution in [3.63, 3.8) is 0 Å². The van der Waals surface area contributed by atoms with Crippen molar-refractivity contribution in [2.24, 2.45) is 5.92 Å². The number of aromatic nitrogens is 1. The molecule has 1 saturated carbocycles. The highest BCUT2D eigenvalue weighted by Crippen LogP contribution is 2.29. The zero-order chi connectivity index (χ0) is 9.26. The van der Waals surface area contributed by atoms with Gasteiger partial charge in [0.25, 0.3) is 5.88 Å². The summed E-state index contributed by atoms with van der Waals surface area (Å²) in [6, 6.07) is 0.995. The van der Waals surface area contributed by atoms with Crippen molar-refractivity contribution in [3.8, 4) is 11.6 Å². The van der Waals surface area contributed by atoms with Gasteiger partial charge in [0.15, 0.2) is 5.82 Å². The van der Waals surface area contributed by atoms with E-state index in [-0.39, 0.29) is 11.6 Å². The SMILES string of the molecule is Oc1cnc(OCC2CC2)c(F)c1. The van der Waals surface area contributed by atoms with Crippen LogP contribution in [0.2, 0.25) is 0 Å². The van der Waals surface area contributed by atoms with Gasteiger partial charge in [-0.3, -0.25) is 0 Å². The minimum Gasteiger partial charge on any atom is -0.506 e. The van der Waals surface area contributed by atoms with E-state index in [1.165, 1.54) is 6.20 Å². The minimum atomic E-state index is -0.611. The Bertz CT molecular complexity index is 312. The average molecular weight is 183 g/mol. The van der Waals surface area contributed by atoms with Crippen LogP contribution in [0, 0.1) is 11.7 Å². The number of ether oxygens (including phenoxy) is 1. The minimum absolute atomic E-state index is 0.0234. The number of pyridine rings is 1. The Morgan fingerprint density at radius 1 is 1.62 bits per heavy atom. The highest BCUT2D eigenvalue weighted by Gasteiger charge is 2.22. The van der Waals surface area contributed by atoms with Crippen LogP contribution in [-0.4, -0.2) is 16.7 Å². The molecule has 1 aliphatic rings. The molecule has 1 fully saturated rings. The molecule has 0 aliphatic heterocycles. The molecule has 1 aromatic heterocycles. The Labute approximate surface area is 75.2 Å². The second kappa shape index (κ2) is 3.20. The van der Waals surface area contributed by atoms with Crippen molar-refractivity contribution in [2.75, 3.05) is 6.61 Å². The molecule has 3 nitrogen and oxygen atoms in total. The summed E-state index contributed by atoms with van der Waals surface area (Å²) in [5.74, 6) is -0.253. The van der Waals surface area contributed by atoms with Gasteiger partial charge < -0.3 is 9.84 Å². The second-order valence-corrected chi connectivity index (χ2v) is 3.23. The van der Waals surface area contributed by atoms with E-state index >= 15 is 0 Å². The number of rotatable bonds is 3. The van der Waals surface area contributed by atoms with Gasteiger partial charge >= 0.3 is 0 Å². The molecule has 0 aromatic carbocycles. The first-order valence-corrected chi connectivity index (χ1v) is 4.23. The highest BCUT2D eigenvalue weighted by atomic mass is 19.1. The molecule has 0 spiro atoms. The molecule has 0 amide bonds. The first-order valence-electron chi connectivity index (χ1n) is 4.23. The number of hydrogen-bond acceptors (Lipinski definition) is 3. The fourth-order valence-electron chi connectivity index (χ4n) is 1.00. The summed E-state index contributed by atoms with van der Waals surface area (Å²) in [6.45, 7) is 0.523. The van der Waals surface area contributed by atoms with Gasteiger partial charge in [0, 0.05) is 6.07 Å². The summed E-state index contributed by atoms with van der Waals surface area (Å²) in [6.07, 6.45) is 3.48. The number of hydrogen-bond donors (Lipinski definition) is 1. The van der Waals surface area contributed by atoms with Gasteiger partial charge in [-0.1, -0.05) is 0 Å². The molecule has 4 heteroatoms. The van der Waals surface area contributed by atoms with Crippen LogP contribution in [-0.2, 0) is 0 Å². The molecule has 0 saturated heterocycles. The van der Waals surface area contributed by atoms with Gasteiger partial charge in [0.05, 0.1) is 12.8 Å². The zero-order valence-corrected chi connectivity index (χ0v) is 7.03. The maximum Gasteiger partial charge on any atom is 0.250 e. The van der Waals surface area contributed by atoms with Crippen molar-refractivity contribution < 1.29 is 14.2 Å². The zero-order valence-electron chi connectivity index (χ0n) is 7.03. The third-order valence-corrected chi connectivity index (χ3v) is 1.95. The maximum absolute atomic E-state index is 13.0. The fourth-order valence-corrected chi connectivity index (χ4v) is 1.00. The molecule has 0 unspecified atom stereocenters. The molecule has 13 heavy (non-hydrogen) atoms. The summed E-state index contributed by atoms with van der Waals surface area (Å²) < 4.78 is 18.1. The lowest BCUT2D eigenvalue weighted by atomic mass is 10.4. The lowest BCUT2D eigenvalue weighted by molar-refractivity contribution is 0.272. The van der Waals surface area contributed by atoms with Crippen molar-refractivity contribution in [3.05, 3.63) is 18.1 Å². The number of nitrogens with zero attached hydrogens (tertiary/aromatic N) is 1. The van der Waals surface area contributed by atoms with Crippen molar-refractivity contribution in [1.29, 1.82) is 0 Å². The summed E-state index contributed by atoms with van der Waals surface area (Å²) in [5, 5.41) is 8.87. The van der Waals surface area contributed by atoms with E-state index in [4.69, 9.17) is 9.84 Å². The van der Waals surface area contributed by atoms with Gasteiger partial charge in [-0.05, 0) is 18.8 Å². The summed E-state index contributed by atoms with van der Waals surface area (Å²) >= 11 is 0. The second-order valence-electron chi connectivity index (χ2n) is 3.23. The third-order valence-electron chi connectivity index (χ3n) is 1.95. The van der Waals surface area contributed by atoms with E-state index in [0.29, 0.717) is 12.5 Å². The lowest BCUT2D eigenvalue weighted by Crippen LogP contribution is -2.02. The summed E-state index contributed by atoms with van der Waals surface area (Å²) in [5.41, 5.74) is 0. The van der Waals surface area contributed by atoms with Crippen molar-refractivity contribution >= 4 is 0 Å². The Morgan fingerprint density at radius 2 is 2.38 bits per heavy atom. The summed E-state index contributed by atoms with van der Waals surface area (Å²) in [7, 11) is 0. The van der Waals surface area contributed by atoms with Crippen LogP contribution < -0.4 is 4.74 Å². The van der Waals surface area contributed by atoms with Crippen LogP contribution in [0.25, 0.3) is 0 Å². The van der Waals surface area contributed by atoms with E-state index in [1.807, 2.05) is 0 Å². The molecular formula is C9H10FNO2. The Morgan fingerprint density at radius 3 is 3.00 bits per heavy atom. The highest BCUT2D eigenvalue weighted by molar-refractivity contribution is 5.23. The maximum atomic E-state index is 13.0. The predicted octanol–water partition coefficient (Wildman–Crippen LogP) is 1.72. The van der Waals surface area contributed by atoms with Crippen LogP contribution in [0.4, 0.5) is 4.39 Å². The van der Waals surface area contributed by atoms with Gasteiger partial charge in [0.1, 0.15) is 5.75 Å². The Balaban J connectivity index is 2.01. The van der Waals surface area contributed by atoms with Crippen LogP contribution >= 0.6 is 0 Å². The quantitative estimate of drug-likeness (QED) is 0.775. The molecule has 70 valence electrons. The normalized spacial score (nSPS) is 15.8. The monoisotopic (exact) mass is 183 g/mol. The molecule has 1 N–H and O–H groups in total. The van der Waals surface area contributed by atoms with E-state index in [2.05, 4.69) is 4.98 Å². The molecule has 0 radical (unpaired) electrons. The predicted molar refractivity (Wildman–Crippen MR) is 44.1 cm³/mol. The lowest BCUT2D eigenvalue weighted by Gasteiger charge is -2.04. The smallest absolute Gasteiger partial charge is 0.250 e. The third kappa shape index (κ3) is 2.08. The molecule has 0 atom stereocenters. The van der Waals surface area contributed by atoms with E-state index in [9.17, 15) is 4.39 Å². The van der Waals surface area contributed by atoms with E-state index in [0.717, 1.165) is 18.9 Å². The molecule has 1 aliphatic carbocycles. The Kier molecular flexibility index (Phi) is 2.04. The fraction of sp³-hybridized carbons (Fsp3) is 0.444. The molecule has 1 aromatic rings. The van der Waals surface area contributed by atoms with E-state index < -0.39 is 5.82 Å². The van der Waals surface area contributed by atoms with Gasteiger partial charge in [-0.2, -0.15) is 0 Å². The first kappa shape index (κ1) is 8.29. The van der Waals surface area contributed by atoms with Crippen LogP contribution in [0.15, 0.2) is 12.3 Å². The standard InChI is InChI=1S/C9H10FNO2/c10-8-3-7(12)4-11-9(8)13-5-6-1-2-6/h3-4,6,12H,1-2,5H2. The van der Waals surface area contributed by atoms with Gasteiger partial charge in [0.2, 0.25) is 0 Å². The Hall–Kier alpha value is -1.32. The summed E-state index contributed by atoms with van der Waals surface area (Å²) in [4.78, 5) is 3.63. The molecule has 0 bridgehead atoms. The van der Waals surface area contributed by atoms with Gasteiger partial charge in [-0.15, -0.1) is 0 Å². The topological polar surface area (TPSA) is 42.4 Å².